The molecule has 2 aliphatic rings. The fraction of sp³-hybridized carbons (Fsp3) is 0.750. The number of allylic oxidation sites excluding steroid dienone is 3. The lowest BCUT2D eigenvalue weighted by Gasteiger charge is -2.58. The second kappa shape index (κ2) is 9.92. The molecule has 5 nitrogen and oxygen atoms in total. The topological polar surface area (TPSA) is 83.8 Å². The Hall–Kier alpha value is -1.62. The number of rotatable bonds is 9. The molecule has 0 aromatic carbocycles. The molecule has 0 aromatic rings. The number of carbonyl (C=O) groups is 2. The lowest BCUT2D eigenvalue weighted by Crippen LogP contribution is -2.51. The van der Waals surface area contributed by atoms with Gasteiger partial charge >= 0.3 is 11.9 Å². The average molecular weight is 407 g/mol. The van der Waals surface area contributed by atoms with Crippen molar-refractivity contribution < 1.29 is 24.5 Å². The number of fused-ring (bicyclic) bond motifs is 1. The second-order valence-corrected chi connectivity index (χ2v) is 9.49. The van der Waals surface area contributed by atoms with Gasteiger partial charge in [-0.3, -0.25) is 9.59 Å². The van der Waals surface area contributed by atoms with Crippen molar-refractivity contribution in [2.24, 2.45) is 22.7 Å². The molecule has 2 aliphatic carbocycles. The van der Waals surface area contributed by atoms with Gasteiger partial charge in [0.1, 0.15) is 0 Å². The highest BCUT2D eigenvalue weighted by Crippen LogP contribution is 2.62. The van der Waals surface area contributed by atoms with E-state index in [4.69, 9.17) is 9.84 Å². The first-order chi connectivity index (χ1) is 13.6. The van der Waals surface area contributed by atoms with E-state index in [1.54, 1.807) is 0 Å². The molecule has 29 heavy (non-hydrogen) atoms. The molecule has 2 N–H and O–H groups in total. The van der Waals surface area contributed by atoms with E-state index in [0.29, 0.717) is 12.5 Å². The molecule has 0 heterocycles. The van der Waals surface area contributed by atoms with Crippen LogP contribution in [0.2, 0.25) is 0 Å². The summed E-state index contributed by atoms with van der Waals surface area (Å²) in [6.07, 6.45) is 10.3. The van der Waals surface area contributed by atoms with Gasteiger partial charge in [0, 0.05) is 0 Å². The van der Waals surface area contributed by atoms with E-state index in [1.165, 1.54) is 11.1 Å². The Labute approximate surface area is 175 Å². The van der Waals surface area contributed by atoms with Crippen LogP contribution in [0.3, 0.4) is 0 Å². The number of carboxylic acid groups (broad SMARTS) is 1. The van der Waals surface area contributed by atoms with Gasteiger partial charge in [0.2, 0.25) is 0 Å². The molecule has 1 saturated carbocycles. The molecule has 0 saturated heterocycles. The Morgan fingerprint density at radius 1 is 1.24 bits per heavy atom. The largest absolute Gasteiger partial charge is 0.481 e. The van der Waals surface area contributed by atoms with Crippen molar-refractivity contribution in [3.05, 3.63) is 23.3 Å². The van der Waals surface area contributed by atoms with Crippen LogP contribution < -0.4 is 0 Å². The first kappa shape index (κ1) is 23.7. The highest BCUT2D eigenvalue weighted by molar-refractivity contribution is 5.76. The van der Waals surface area contributed by atoms with Crippen LogP contribution in [-0.2, 0) is 14.3 Å². The molecule has 0 bridgehead atoms. The monoisotopic (exact) mass is 406 g/mol. The molecule has 0 aliphatic heterocycles. The van der Waals surface area contributed by atoms with Gasteiger partial charge in [-0.2, -0.15) is 0 Å². The molecule has 0 aromatic heterocycles. The van der Waals surface area contributed by atoms with Crippen LogP contribution in [0, 0.1) is 22.7 Å². The number of carbonyl (C=O) groups excluding carboxylic acids is 1. The molecule has 0 spiro atoms. The Morgan fingerprint density at radius 2 is 1.97 bits per heavy atom. The first-order valence-electron chi connectivity index (χ1n) is 10.9. The van der Waals surface area contributed by atoms with Crippen molar-refractivity contribution >= 4 is 11.9 Å². The summed E-state index contributed by atoms with van der Waals surface area (Å²) in [4.78, 5) is 22.7. The van der Waals surface area contributed by atoms with Crippen molar-refractivity contribution in [3.63, 3.8) is 0 Å². The number of esters is 1. The van der Waals surface area contributed by atoms with Crippen LogP contribution in [0.5, 0.6) is 0 Å². The van der Waals surface area contributed by atoms with Gasteiger partial charge in [0.05, 0.1) is 26.1 Å². The van der Waals surface area contributed by atoms with E-state index >= 15 is 0 Å². The quantitative estimate of drug-likeness (QED) is 0.421. The number of aliphatic hydroxyl groups is 1. The zero-order valence-corrected chi connectivity index (χ0v) is 18.5. The minimum atomic E-state index is -0.976. The lowest BCUT2D eigenvalue weighted by molar-refractivity contribution is -0.153. The van der Waals surface area contributed by atoms with Gasteiger partial charge in [-0.25, -0.2) is 0 Å². The molecule has 5 heteroatoms. The summed E-state index contributed by atoms with van der Waals surface area (Å²) in [5, 5.41) is 18.0. The van der Waals surface area contributed by atoms with Crippen molar-refractivity contribution in [2.45, 2.75) is 79.1 Å². The highest BCUT2D eigenvalue weighted by atomic mass is 16.5. The molecule has 4 unspecified atom stereocenters. The van der Waals surface area contributed by atoms with E-state index < -0.39 is 11.9 Å². The molecule has 4 atom stereocenters. The molecule has 164 valence electrons. The summed E-state index contributed by atoms with van der Waals surface area (Å²) in [6, 6.07) is 0. The maximum Gasteiger partial charge on any atom is 0.306 e. The Bertz CT molecular complexity index is 664. The number of aliphatic hydroxyl groups excluding tert-OH is 1. The summed E-state index contributed by atoms with van der Waals surface area (Å²) in [5.74, 6) is -0.601. The highest BCUT2D eigenvalue weighted by Gasteiger charge is 2.54. The third kappa shape index (κ3) is 5.50. The van der Waals surface area contributed by atoms with Gasteiger partial charge in [-0.15, -0.1) is 0 Å². The van der Waals surface area contributed by atoms with Crippen molar-refractivity contribution in [1.82, 2.24) is 0 Å². The van der Waals surface area contributed by atoms with E-state index in [2.05, 4.69) is 33.8 Å². The minimum Gasteiger partial charge on any atom is -0.481 e. The predicted molar refractivity (Wildman–Crippen MR) is 113 cm³/mol. The Balaban J connectivity index is 2.18. The van der Waals surface area contributed by atoms with Crippen LogP contribution in [0.4, 0.5) is 0 Å². The molecule has 1 fully saturated rings. The maximum atomic E-state index is 12.0. The third-order valence-electron chi connectivity index (χ3n) is 7.80. The van der Waals surface area contributed by atoms with Gasteiger partial charge in [0.15, 0.2) is 0 Å². The summed E-state index contributed by atoms with van der Waals surface area (Å²) in [7, 11) is 0. The normalized spacial score (nSPS) is 32.3. The van der Waals surface area contributed by atoms with Crippen LogP contribution in [0.15, 0.2) is 23.3 Å². The Kier molecular flexibility index (Phi) is 8.10. The summed E-state index contributed by atoms with van der Waals surface area (Å²) in [5.41, 5.74) is 2.90. The molecule has 2 rings (SSSR count). The SMILES string of the molecule is CC(=CCO)CCC1(C)C(COC(=O)CCC(=O)O)CCC2(C)C(C)=CCCC21. The summed E-state index contributed by atoms with van der Waals surface area (Å²) >= 11 is 0. The second-order valence-electron chi connectivity index (χ2n) is 9.49. The zero-order valence-electron chi connectivity index (χ0n) is 18.5. The molecular formula is C24H38O5. The third-order valence-corrected chi connectivity index (χ3v) is 7.80. The van der Waals surface area contributed by atoms with Crippen molar-refractivity contribution in [2.75, 3.05) is 13.2 Å². The predicted octanol–water partition coefficient (Wildman–Crippen LogP) is 4.89. The number of ether oxygens (including phenoxy) is 1. The van der Waals surface area contributed by atoms with Crippen LogP contribution in [0.1, 0.15) is 79.1 Å². The van der Waals surface area contributed by atoms with Crippen molar-refractivity contribution in [3.8, 4) is 0 Å². The van der Waals surface area contributed by atoms with Crippen molar-refractivity contribution in [1.29, 1.82) is 0 Å². The maximum absolute atomic E-state index is 12.0. The average Bonchev–Trinajstić information content (AvgIpc) is 2.66. The standard InChI is InChI=1S/C24H38O5/c1-17(12-15-25)10-13-24(4)19(16-29-22(28)9-8-21(26)27)11-14-23(3)18(2)6-5-7-20(23)24/h6,12,19-20,25H,5,7-11,13-16H2,1-4H3,(H,26,27). The number of aliphatic carboxylic acids is 1. The smallest absolute Gasteiger partial charge is 0.306 e. The molecular weight excluding hydrogens is 368 g/mol. The molecule has 0 amide bonds. The van der Waals surface area contributed by atoms with Crippen LogP contribution in [-0.4, -0.2) is 35.4 Å². The Morgan fingerprint density at radius 3 is 2.62 bits per heavy atom. The van der Waals surface area contributed by atoms with Gasteiger partial charge in [-0.1, -0.05) is 37.1 Å². The van der Waals surface area contributed by atoms with Crippen LogP contribution in [0.25, 0.3) is 0 Å². The van der Waals surface area contributed by atoms with E-state index in [9.17, 15) is 14.7 Å². The summed E-state index contributed by atoms with van der Waals surface area (Å²) < 4.78 is 5.55. The number of hydrogen-bond acceptors (Lipinski definition) is 4. The minimum absolute atomic E-state index is 0.0279. The van der Waals surface area contributed by atoms with E-state index in [1.807, 2.05) is 6.08 Å². The number of hydrogen-bond donors (Lipinski definition) is 2. The van der Waals surface area contributed by atoms with Gasteiger partial charge in [0.25, 0.3) is 0 Å². The lowest BCUT2D eigenvalue weighted by atomic mass is 9.46. The van der Waals surface area contributed by atoms with E-state index in [-0.39, 0.29) is 36.2 Å². The van der Waals surface area contributed by atoms with Crippen LogP contribution >= 0.6 is 0 Å². The van der Waals surface area contributed by atoms with E-state index in [0.717, 1.165) is 38.5 Å². The fourth-order valence-electron chi connectivity index (χ4n) is 5.66. The fourth-order valence-corrected chi connectivity index (χ4v) is 5.66. The zero-order chi connectivity index (χ0) is 21.7. The summed E-state index contributed by atoms with van der Waals surface area (Å²) in [6.45, 7) is 9.51. The van der Waals surface area contributed by atoms with Gasteiger partial charge in [-0.05, 0) is 75.0 Å². The first-order valence-corrected chi connectivity index (χ1v) is 10.9. The molecule has 0 radical (unpaired) electrons. The number of carboxylic acids is 1. The van der Waals surface area contributed by atoms with Gasteiger partial charge < -0.3 is 14.9 Å².